The summed E-state index contributed by atoms with van der Waals surface area (Å²) in [6.45, 7) is 0.958. The fraction of sp³-hybridized carbons (Fsp3) is 0.393. The van der Waals surface area contributed by atoms with Gasteiger partial charge in [-0.25, -0.2) is 18.7 Å². The summed E-state index contributed by atoms with van der Waals surface area (Å²) in [6.07, 6.45) is 0.971. The highest BCUT2D eigenvalue weighted by Gasteiger charge is 2.66. The predicted octanol–water partition coefficient (Wildman–Crippen LogP) is 4.66. The molecular formula is C28H26F5N7O2. The molecule has 4 heterocycles. The first-order valence-electron chi connectivity index (χ1n) is 13.3. The second kappa shape index (κ2) is 10.6. The molecule has 1 aromatic carbocycles. The number of halogens is 5. The normalized spacial score (nSPS) is 20.1. The molecule has 1 saturated carbocycles. The first-order valence-corrected chi connectivity index (χ1v) is 13.3. The van der Waals surface area contributed by atoms with Crippen LogP contribution in [0.1, 0.15) is 41.6 Å². The van der Waals surface area contributed by atoms with Crippen LogP contribution in [0.25, 0.3) is 11.1 Å². The van der Waals surface area contributed by atoms with Crippen molar-refractivity contribution in [2.45, 2.75) is 49.5 Å². The van der Waals surface area contributed by atoms with Gasteiger partial charge in [0, 0.05) is 49.7 Å². The van der Waals surface area contributed by atoms with Crippen LogP contribution in [-0.4, -0.2) is 68.2 Å². The average molecular weight is 588 g/mol. The molecule has 0 spiro atoms. The maximum atomic E-state index is 14.9. The Morgan fingerprint density at radius 2 is 1.88 bits per heavy atom. The van der Waals surface area contributed by atoms with E-state index in [0.717, 1.165) is 11.6 Å². The zero-order valence-corrected chi connectivity index (χ0v) is 22.4. The molecule has 1 N–H and O–H groups in total. The van der Waals surface area contributed by atoms with Crippen LogP contribution < -0.4 is 5.32 Å². The Morgan fingerprint density at radius 3 is 2.52 bits per heavy atom. The lowest BCUT2D eigenvalue weighted by Gasteiger charge is -2.14. The van der Waals surface area contributed by atoms with Gasteiger partial charge in [0.25, 0.3) is 0 Å². The van der Waals surface area contributed by atoms with Crippen molar-refractivity contribution in [3.8, 4) is 11.1 Å². The number of aromatic nitrogens is 5. The highest BCUT2D eigenvalue weighted by molar-refractivity contribution is 5.91. The van der Waals surface area contributed by atoms with Gasteiger partial charge in [-0.15, -0.1) is 0 Å². The predicted molar refractivity (Wildman–Crippen MR) is 140 cm³/mol. The quantitative estimate of drug-likeness (QED) is 0.299. The van der Waals surface area contributed by atoms with Crippen molar-refractivity contribution in [3.63, 3.8) is 0 Å². The summed E-state index contributed by atoms with van der Waals surface area (Å²) in [7, 11) is 1.87. The second-order valence-corrected chi connectivity index (χ2v) is 10.9. The molecule has 3 aromatic heterocycles. The molecule has 1 saturated heterocycles. The Labute approximate surface area is 236 Å². The standard InChI is InChI=1S/C28H26F5N7O2/c1-39-14-21(30)22(15-39)40-13-16(10-36-40)6-24-34-11-19(12-35-24)17-2-3-18(20(29)7-17)8-26(41)37-25-9-23(42-38-25)27(4-5-27)28(31,32)33/h2-3,7,9-13,21-22H,4-6,8,14-15H2,1H3,(H,37,38,41)/t21-,22+/m1/s1. The largest absolute Gasteiger partial charge is 0.401 e. The van der Waals surface area contributed by atoms with Gasteiger partial charge in [0.15, 0.2) is 11.6 Å². The molecule has 14 heteroatoms. The Morgan fingerprint density at radius 1 is 1.12 bits per heavy atom. The molecule has 1 aliphatic carbocycles. The van der Waals surface area contributed by atoms with Crippen LogP contribution in [0.3, 0.4) is 0 Å². The lowest BCUT2D eigenvalue weighted by molar-refractivity contribution is -0.165. The molecule has 9 nitrogen and oxygen atoms in total. The Bertz CT molecular complexity index is 1600. The topological polar surface area (TPSA) is 102 Å². The molecule has 1 aliphatic heterocycles. The number of likely N-dealkylation sites (tertiary alicyclic amines) is 1. The number of anilines is 1. The summed E-state index contributed by atoms with van der Waals surface area (Å²) in [5, 5.41) is 10.2. The SMILES string of the molecule is CN1C[C@@H](F)[C@@H](n2cc(Cc3ncc(-c4ccc(CC(=O)Nc5cc(C6(C(F)(F)F)CC6)on5)c(F)c4)cn3)cn2)C1. The lowest BCUT2D eigenvalue weighted by Crippen LogP contribution is -2.28. The molecule has 220 valence electrons. The number of likely N-dealkylation sites (N-methyl/N-ethyl adjacent to an activating group) is 1. The number of nitrogens with zero attached hydrogens (tertiary/aromatic N) is 6. The summed E-state index contributed by atoms with van der Waals surface area (Å²) in [5.41, 5.74) is -0.0613. The molecule has 0 radical (unpaired) electrons. The first-order chi connectivity index (χ1) is 20.0. The van der Waals surface area contributed by atoms with Crippen LogP contribution in [-0.2, 0) is 23.1 Å². The number of hydrogen-bond donors (Lipinski definition) is 1. The van der Waals surface area contributed by atoms with E-state index in [2.05, 4.69) is 25.5 Å². The van der Waals surface area contributed by atoms with Crippen molar-refractivity contribution < 1.29 is 31.3 Å². The smallest absolute Gasteiger partial charge is 0.358 e. The number of rotatable bonds is 8. The van der Waals surface area contributed by atoms with E-state index in [-0.39, 0.29) is 42.4 Å². The fourth-order valence-electron chi connectivity index (χ4n) is 5.19. The van der Waals surface area contributed by atoms with Crippen molar-refractivity contribution in [2.24, 2.45) is 0 Å². The van der Waals surface area contributed by atoms with E-state index >= 15 is 0 Å². The number of nitrogens with one attached hydrogen (secondary N) is 1. The minimum Gasteiger partial charge on any atom is -0.358 e. The van der Waals surface area contributed by atoms with Gasteiger partial charge < -0.3 is 14.7 Å². The molecule has 2 fully saturated rings. The maximum Gasteiger partial charge on any atom is 0.401 e. The lowest BCUT2D eigenvalue weighted by atomic mass is 10.0. The summed E-state index contributed by atoms with van der Waals surface area (Å²) in [6, 6.07) is 5.05. The highest BCUT2D eigenvalue weighted by Crippen LogP contribution is 2.59. The van der Waals surface area contributed by atoms with Crippen molar-refractivity contribution >= 4 is 11.7 Å². The average Bonchev–Trinajstić information content (AvgIpc) is 3.23. The number of carbonyl (C=O) groups is 1. The first kappa shape index (κ1) is 27.9. The van der Waals surface area contributed by atoms with Crippen molar-refractivity contribution in [3.05, 3.63) is 77.6 Å². The Kier molecular flexibility index (Phi) is 7.03. The van der Waals surface area contributed by atoms with Gasteiger partial charge >= 0.3 is 6.18 Å². The number of carbonyl (C=O) groups excluding carboxylic acids is 1. The summed E-state index contributed by atoms with van der Waals surface area (Å²) in [5.74, 6) is -1.29. The molecule has 1 amide bonds. The molecule has 2 atom stereocenters. The monoisotopic (exact) mass is 587 g/mol. The van der Waals surface area contributed by atoms with E-state index in [1.165, 1.54) is 12.1 Å². The van der Waals surface area contributed by atoms with Crippen molar-refractivity contribution in [1.82, 2.24) is 29.8 Å². The minimum absolute atomic E-state index is 0.0902. The van der Waals surface area contributed by atoms with E-state index in [0.29, 0.717) is 36.5 Å². The molecule has 0 unspecified atom stereocenters. The molecule has 4 aromatic rings. The highest BCUT2D eigenvalue weighted by atomic mass is 19.4. The molecule has 42 heavy (non-hydrogen) atoms. The number of amides is 1. The van der Waals surface area contributed by atoms with Crippen LogP contribution in [0.5, 0.6) is 0 Å². The van der Waals surface area contributed by atoms with Crippen LogP contribution in [0.2, 0.25) is 0 Å². The third-order valence-corrected chi connectivity index (χ3v) is 7.74. The van der Waals surface area contributed by atoms with E-state index < -0.39 is 29.5 Å². The zero-order chi connectivity index (χ0) is 29.6. The second-order valence-electron chi connectivity index (χ2n) is 10.9. The third-order valence-electron chi connectivity index (χ3n) is 7.74. The van der Waals surface area contributed by atoms with Gasteiger partial charge in [-0.1, -0.05) is 17.3 Å². The van der Waals surface area contributed by atoms with Gasteiger partial charge in [0.1, 0.15) is 23.2 Å². The molecule has 6 rings (SSSR count). The van der Waals surface area contributed by atoms with Crippen LogP contribution in [0.15, 0.2) is 53.6 Å². The maximum absolute atomic E-state index is 14.9. The molecule has 2 aliphatic rings. The summed E-state index contributed by atoms with van der Waals surface area (Å²) in [4.78, 5) is 23.1. The van der Waals surface area contributed by atoms with E-state index in [9.17, 15) is 26.7 Å². The Balaban J connectivity index is 1.06. The van der Waals surface area contributed by atoms with Gasteiger partial charge in [-0.3, -0.25) is 9.48 Å². The number of hydrogen-bond acceptors (Lipinski definition) is 7. The van der Waals surface area contributed by atoms with Crippen LogP contribution in [0, 0.1) is 5.82 Å². The summed E-state index contributed by atoms with van der Waals surface area (Å²) < 4.78 is 75.4. The Hall–Kier alpha value is -4.20. The number of benzene rings is 1. The molecule has 0 bridgehead atoms. The van der Waals surface area contributed by atoms with Crippen LogP contribution in [0.4, 0.5) is 27.8 Å². The van der Waals surface area contributed by atoms with Gasteiger partial charge in [0.05, 0.1) is 18.7 Å². The zero-order valence-electron chi connectivity index (χ0n) is 22.4. The minimum atomic E-state index is -4.47. The van der Waals surface area contributed by atoms with Gasteiger partial charge in [0.2, 0.25) is 5.91 Å². The van der Waals surface area contributed by atoms with Crippen molar-refractivity contribution in [2.75, 3.05) is 25.5 Å². The van der Waals surface area contributed by atoms with E-state index in [1.54, 1.807) is 35.5 Å². The fourth-order valence-corrected chi connectivity index (χ4v) is 5.19. The van der Waals surface area contributed by atoms with Crippen LogP contribution >= 0.6 is 0 Å². The third kappa shape index (κ3) is 5.50. The van der Waals surface area contributed by atoms with Gasteiger partial charge in [-0.2, -0.15) is 18.3 Å². The van der Waals surface area contributed by atoms with E-state index in [4.69, 9.17) is 4.52 Å². The van der Waals surface area contributed by atoms with Gasteiger partial charge in [-0.05, 0) is 42.6 Å². The van der Waals surface area contributed by atoms with E-state index in [1.807, 2.05) is 11.9 Å². The number of alkyl halides is 4. The molecular weight excluding hydrogens is 561 g/mol. The van der Waals surface area contributed by atoms with Crippen molar-refractivity contribution in [1.29, 1.82) is 0 Å². The summed E-state index contributed by atoms with van der Waals surface area (Å²) >= 11 is 0.